The third-order valence-electron chi connectivity index (χ3n) is 2.83. The lowest BCUT2D eigenvalue weighted by molar-refractivity contribution is -0.136. The Balaban J connectivity index is 3.06. The Morgan fingerprint density at radius 2 is 2.14 bits per heavy atom. The maximum atomic E-state index is 12.4. The van der Waals surface area contributed by atoms with Crippen LogP contribution in [0.3, 0.4) is 0 Å². The van der Waals surface area contributed by atoms with Gasteiger partial charge in [0, 0.05) is 13.6 Å². The molecule has 0 aliphatic heterocycles. The van der Waals surface area contributed by atoms with Crippen molar-refractivity contribution in [3.63, 3.8) is 0 Å². The molecule has 0 saturated heterocycles. The van der Waals surface area contributed by atoms with Crippen LogP contribution in [0.1, 0.15) is 28.8 Å². The summed E-state index contributed by atoms with van der Waals surface area (Å²) in [7, 11) is 1.63. The number of hydrogen-bond donors (Lipinski definition) is 1. The van der Waals surface area contributed by atoms with Gasteiger partial charge < -0.3 is 10.0 Å². The molecular weight excluding hydrogens is 315 g/mol. The third-order valence-corrected chi connectivity index (χ3v) is 3.30. The molecule has 1 aromatic heterocycles. The minimum atomic E-state index is -1.07. The number of amides is 1. The minimum Gasteiger partial charge on any atom is -0.481 e. The molecule has 0 saturated carbocycles. The van der Waals surface area contributed by atoms with Crippen LogP contribution in [0, 0.1) is 0 Å². The second-order valence-corrected chi connectivity index (χ2v) is 5.24. The fourth-order valence-corrected chi connectivity index (χ4v) is 2.38. The Labute approximate surface area is 133 Å². The molecule has 1 amide bonds. The number of allylic oxidation sites excluding steroid dienone is 1. The average Bonchev–Trinajstić information content (AvgIpc) is 2.36. The molecule has 0 radical (unpaired) electrons. The molecular formula is C14H16Cl2N2O3. The highest BCUT2D eigenvalue weighted by Gasteiger charge is 2.22. The van der Waals surface area contributed by atoms with E-state index in [0.717, 1.165) is 12.8 Å². The van der Waals surface area contributed by atoms with Gasteiger partial charge in [-0.15, -0.1) is 6.58 Å². The summed E-state index contributed by atoms with van der Waals surface area (Å²) in [5.41, 5.74) is 0.345. The van der Waals surface area contributed by atoms with E-state index >= 15 is 0 Å². The molecule has 21 heavy (non-hydrogen) atoms. The molecule has 1 aromatic rings. The molecule has 7 heteroatoms. The summed E-state index contributed by atoms with van der Waals surface area (Å²) in [5.74, 6) is -1.44. The van der Waals surface area contributed by atoms with Crippen LogP contribution in [0.25, 0.3) is 0 Å². The van der Waals surface area contributed by atoms with Crippen molar-refractivity contribution in [2.75, 3.05) is 13.6 Å². The van der Waals surface area contributed by atoms with Crippen LogP contribution in [-0.4, -0.2) is 40.5 Å². The molecule has 1 rings (SSSR count). The number of nitrogens with zero attached hydrogens (tertiary/aromatic N) is 2. The number of rotatable bonds is 7. The SMILES string of the molecule is C=CCCCN(C)C(=O)c1c(CC(=O)O)cc(Cl)nc1Cl. The summed E-state index contributed by atoms with van der Waals surface area (Å²) < 4.78 is 0. The zero-order valence-corrected chi connectivity index (χ0v) is 13.1. The van der Waals surface area contributed by atoms with Crippen molar-refractivity contribution in [3.8, 4) is 0 Å². The highest BCUT2D eigenvalue weighted by Crippen LogP contribution is 2.24. The van der Waals surface area contributed by atoms with Gasteiger partial charge in [-0.25, -0.2) is 4.98 Å². The fourth-order valence-electron chi connectivity index (χ4n) is 1.82. The van der Waals surface area contributed by atoms with Gasteiger partial charge in [-0.1, -0.05) is 29.3 Å². The lowest BCUT2D eigenvalue weighted by Crippen LogP contribution is -2.29. The van der Waals surface area contributed by atoms with Crippen LogP contribution >= 0.6 is 23.2 Å². The number of carbonyl (C=O) groups excluding carboxylic acids is 1. The van der Waals surface area contributed by atoms with Gasteiger partial charge in [0.15, 0.2) is 0 Å². The van der Waals surface area contributed by atoms with E-state index in [4.69, 9.17) is 28.3 Å². The number of carboxylic acids is 1. The van der Waals surface area contributed by atoms with Crippen LogP contribution in [0.15, 0.2) is 18.7 Å². The summed E-state index contributed by atoms with van der Waals surface area (Å²) in [6, 6.07) is 1.35. The number of hydrogen-bond acceptors (Lipinski definition) is 3. The molecule has 0 spiro atoms. The number of carboxylic acid groups (broad SMARTS) is 1. The highest BCUT2D eigenvalue weighted by atomic mass is 35.5. The van der Waals surface area contributed by atoms with Crippen molar-refractivity contribution in [3.05, 3.63) is 40.2 Å². The molecule has 0 aromatic carbocycles. The Hall–Kier alpha value is -1.59. The van der Waals surface area contributed by atoms with Crippen LogP contribution in [-0.2, 0) is 11.2 Å². The number of aromatic nitrogens is 1. The molecule has 114 valence electrons. The summed E-state index contributed by atoms with van der Waals surface area (Å²) in [6.45, 7) is 4.13. The van der Waals surface area contributed by atoms with Gasteiger partial charge in [0.05, 0.1) is 12.0 Å². The van der Waals surface area contributed by atoms with Crippen molar-refractivity contribution >= 4 is 35.1 Å². The lowest BCUT2D eigenvalue weighted by Gasteiger charge is -2.19. The van der Waals surface area contributed by atoms with Gasteiger partial charge >= 0.3 is 5.97 Å². The first-order valence-corrected chi connectivity index (χ1v) is 7.05. The second-order valence-electron chi connectivity index (χ2n) is 4.50. The standard InChI is InChI=1S/C14H16Cl2N2O3/c1-3-4-5-6-18(2)14(21)12-9(8-11(19)20)7-10(15)17-13(12)16/h3,7H,1,4-6,8H2,2H3,(H,19,20). The first-order valence-electron chi connectivity index (χ1n) is 6.30. The summed E-state index contributed by atoms with van der Waals surface area (Å²) in [5, 5.41) is 8.90. The number of aliphatic carboxylic acids is 1. The topological polar surface area (TPSA) is 70.5 Å². The van der Waals surface area contributed by atoms with Crippen molar-refractivity contribution in [2.45, 2.75) is 19.3 Å². The van der Waals surface area contributed by atoms with Gasteiger partial charge in [-0.2, -0.15) is 0 Å². The van der Waals surface area contributed by atoms with Gasteiger partial charge in [-0.3, -0.25) is 9.59 Å². The van der Waals surface area contributed by atoms with Crippen LogP contribution in [0.4, 0.5) is 0 Å². The largest absolute Gasteiger partial charge is 0.481 e. The molecule has 0 atom stereocenters. The van der Waals surface area contributed by atoms with Crippen molar-refractivity contribution in [2.24, 2.45) is 0 Å². The Morgan fingerprint density at radius 3 is 2.71 bits per heavy atom. The van der Waals surface area contributed by atoms with E-state index in [2.05, 4.69) is 11.6 Å². The summed E-state index contributed by atoms with van der Waals surface area (Å²) >= 11 is 11.7. The van der Waals surface area contributed by atoms with E-state index in [1.807, 2.05) is 0 Å². The number of carbonyl (C=O) groups is 2. The zero-order chi connectivity index (χ0) is 16.0. The molecule has 0 aliphatic carbocycles. The zero-order valence-electron chi connectivity index (χ0n) is 11.6. The van der Waals surface area contributed by atoms with E-state index in [0.29, 0.717) is 6.54 Å². The van der Waals surface area contributed by atoms with Gasteiger partial charge in [0.25, 0.3) is 5.91 Å². The fraction of sp³-hybridized carbons (Fsp3) is 0.357. The first kappa shape index (κ1) is 17.5. The quantitative estimate of drug-likeness (QED) is 0.474. The lowest BCUT2D eigenvalue weighted by atomic mass is 10.1. The summed E-state index contributed by atoms with van der Waals surface area (Å²) in [6.07, 6.45) is 2.97. The van der Waals surface area contributed by atoms with Gasteiger partial charge in [0.1, 0.15) is 10.3 Å². The average molecular weight is 331 g/mol. The molecule has 1 N–H and O–H groups in total. The van der Waals surface area contributed by atoms with Crippen LogP contribution in [0.2, 0.25) is 10.3 Å². The van der Waals surface area contributed by atoms with Crippen molar-refractivity contribution < 1.29 is 14.7 Å². The van der Waals surface area contributed by atoms with Crippen molar-refractivity contribution in [1.82, 2.24) is 9.88 Å². The monoisotopic (exact) mass is 330 g/mol. The first-order chi connectivity index (χ1) is 9.86. The smallest absolute Gasteiger partial charge is 0.307 e. The van der Waals surface area contributed by atoms with Crippen LogP contribution in [0.5, 0.6) is 0 Å². The summed E-state index contributed by atoms with van der Waals surface area (Å²) in [4.78, 5) is 28.6. The van der Waals surface area contributed by atoms with E-state index in [-0.39, 0.29) is 33.8 Å². The molecule has 0 bridgehead atoms. The Kier molecular flexibility index (Phi) is 6.65. The number of unbranched alkanes of at least 4 members (excludes halogenated alkanes) is 1. The number of halogens is 2. The van der Waals surface area contributed by atoms with Crippen molar-refractivity contribution in [1.29, 1.82) is 0 Å². The van der Waals surface area contributed by atoms with Crippen LogP contribution < -0.4 is 0 Å². The Morgan fingerprint density at radius 1 is 1.48 bits per heavy atom. The normalized spacial score (nSPS) is 10.2. The van der Waals surface area contributed by atoms with E-state index < -0.39 is 5.97 Å². The molecule has 0 unspecified atom stereocenters. The number of pyridine rings is 1. The van der Waals surface area contributed by atoms with Gasteiger partial charge in [-0.05, 0) is 24.5 Å². The Bertz CT molecular complexity index is 561. The van der Waals surface area contributed by atoms with Gasteiger partial charge in [0.2, 0.25) is 0 Å². The predicted octanol–water partition coefficient (Wildman–Crippen LogP) is 3.05. The minimum absolute atomic E-state index is 0.0575. The molecule has 0 fully saturated rings. The molecule has 0 aliphatic rings. The maximum Gasteiger partial charge on any atom is 0.307 e. The van der Waals surface area contributed by atoms with E-state index in [1.165, 1.54) is 11.0 Å². The third kappa shape index (κ3) is 5.02. The molecule has 5 nitrogen and oxygen atoms in total. The highest BCUT2D eigenvalue weighted by molar-refractivity contribution is 6.35. The second kappa shape index (κ2) is 8.00. The maximum absolute atomic E-state index is 12.4. The van der Waals surface area contributed by atoms with E-state index in [1.54, 1.807) is 13.1 Å². The predicted molar refractivity (Wildman–Crippen MR) is 82.0 cm³/mol. The molecule has 1 heterocycles. The van der Waals surface area contributed by atoms with E-state index in [9.17, 15) is 9.59 Å².